The van der Waals surface area contributed by atoms with E-state index in [-0.39, 0.29) is 19.2 Å². The van der Waals surface area contributed by atoms with Gasteiger partial charge in [-0.3, -0.25) is 0 Å². The molecule has 1 saturated heterocycles. The molecule has 0 N–H and O–H groups in total. The Morgan fingerprint density at radius 1 is 1.33 bits per heavy atom. The number of hydrogen-bond acceptors (Lipinski definition) is 5. The van der Waals surface area contributed by atoms with Crippen molar-refractivity contribution in [3.8, 4) is 0 Å². The molecule has 0 bridgehead atoms. The minimum absolute atomic E-state index is 0.0240. The third kappa shape index (κ3) is 3.24. The van der Waals surface area contributed by atoms with Crippen LogP contribution in [-0.4, -0.2) is 43.4 Å². The van der Waals surface area contributed by atoms with Crippen LogP contribution in [0.3, 0.4) is 0 Å². The molecule has 1 aliphatic rings. The van der Waals surface area contributed by atoms with Gasteiger partial charge in [-0.2, -0.15) is 0 Å². The molecule has 0 saturated carbocycles. The molecule has 0 aromatic heterocycles. The molecule has 0 aliphatic carbocycles. The molecule has 68 valence electrons. The van der Waals surface area contributed by atoms with Crippen LogP contribution in [0.15, 0.2) is 0 Å². The molecule has 1 fully saturated rings. The van der Waals surface area contributed by atoms with E-state index in [1.54, 1.807) is 0 Å². The van der Waals surface area contributed by atoms with Crippen LogP contribution in [0.4, 0.5) is 0 Å². The maximum atomic E-state index is 10.9. The first kappa shape index (κ1) is 10.2. The number of ether oxygens (including phenoxy) is 1. The van der Waals surface area contributed by atoms with Crippen molar-refractivity contribution in [2.45, 2.75) is 9.88 Å². The molecular formula is C6H10O4SSn. The molecule has 0 atom stereocenters. The normalized spacial score (nSPS) is 23.5. The first-order valence-electron chi connectivity index (χ1n) is 3.51. The zero-order valence-electron chi connectivity index (χ0n) is 6.96. The summed E-state index contributed by atoms with van der Waals surface area (Å²) in [5.41, 5.74) is 0. The molecule has 1 heterocycles. The van der Waals surface area contributed by atoms with Crippen molar-refractivity contribution in [3.63, 3.8) is 0 Å². The maximum absolute atomic E-state index is 10.9. The van der Waals surface area contributed by atoms with Crippen molar-refractivity contribution >= 4 is 42.4 Å². The van der Waals surface area contributed by atoms with Crippen molar-refractivity contribution < 1.29 is 15.7 Å². The Balaban J connectivity index is 2.64. The Hall–Kier alpha value is 0.119. The molecule has 0 aromatic carbocycles. The molecule has 0 spiro atoms. The summed E-state index contributed by atoms with van der Waals surface area (Å²) in [6, 6.07) is 0. The molecule has 0 aromatic rings. The molecule has 0 unspecified atom stereocenters. The van der Waals surface area contributed by atoms with Crippen LogP contribution >= 0.6 is 12.2 Å². The van der Waals surface area contributed by atoms with Gasteiger partial charge in [0.25, 0.3) is 0 Å². The van der Waals surface area contributed by atoms with Gasteiger partial charge in [0.1, 0.15) is 0 Å². The third-order valence-corrected chi connectivity index (χ3v) is 5.94. The van der Waals surface area contributed by atoms with Gasteiger partial charge < -0.3 is 0 Å². The summed E-state index contributed by atoms with van der Waals surface area (Å²) in [6.07, 6.45) is 0. The monoisotopic (exact) mass is 298 g/mol. The van der Waals surface area contributed by atoms with Crippen LogP contribution in [0.5, 0.6) is 0 Å². The Morgan fingerprint density at radius 3 is 2.67 bits per heavy atom. The summed E-state index contributed by atoms with van der Waals surface area (Å²) < 4.78 is 15.3. The van der Waals surface area contributed by atoms with Gasteiger partial charge in [0.15, 0.2) is 0 Å². The average molecular weight is 297 g/mol. The molecule has 4 nitrogen and oxygen atoms in total. The number of carbonyl (C=O) groups excluding carboxylic acids is 1. The Bertz CT molecular complexity index is 196. The van der Waals surface area contributed by atoms with Crippen LogP contribution < -0.4 is 0 Å². The van der Waals surface area contributed by atoms with Crippen LogP contribution in [0, 0.1) is 0 Å². The first-order chi connectivity index (χ1) is 5.49. The first-order valence-corrected chi connectivity index (χ1v) is 12.0. The fourth-order valence-electron chi connectivity index (χ4n) is 0.846. The zero-order chi connectivity index (χ0) is 9.19. The van der Waals surface area contributed by atoms with E-state index in [0.29, 0.717) is 5.05 Å². The van der Waals surface area contributed by atoms with E-state index < -0.39 is 19.2 Å². The van der Waals surface area contributed by atoms with Crippen molar-refractivity contribution in [1.82, 2.24) is 0 Å². The standard InChI is InChI=1S/C4H6O4S.2CH3.Sn/c5-3(6)1-8-2-4(7)9;;;/h1-2H2,(H,5,6)(H,7,9);2*1H3;/q;;;+2/p-2. The van der Waals surface area contributed by atoms with Crippen LogP contribution in [0.2, 0.25) is 9.88 Å². The Morgan fingerprint density at radius 2 is 2.00 bits per heavy atom. The predicted molar refractivity (Wildman–Crippen MR) is 48.1 cm³/mol. The SMILES string of the molecule is [CH3][Sn]1([CH3])[O]C(=O)COCC(=S)[O]1. The van der Waals surface area contributed by atoms with E-state index in [4.69, 9.17) is 23.1 Å². The summed E-state index contributed by atoms with van der Waals surface area (Å²) >= 11 is 1.77. The van der Waals surface area contributed by atoms with Crippen LogP contribution in [0.25, 0.3) is 0 Å². The van der Waals surface area contributed by atoms with Crippen molar-refractivity contribution in [3.05, 3.63) is 0 Å². The number of rotatable bonds is 0. The molecule has 6 heteroatoms. The van der Waals surface area contributed by atoms with Gasteiger partial charge in [-0.1, -0.05) is 0 Å². The third-order valence-electron chi connectivity index (χ3n) is 1.16. The van der Waals surface area contributed by atoms with E-state index >= 15 is 0 Å². The molecular weight excluding hydrogens is 287 g/mol. The second-order valence-corrected chi connectivity index (χ2v) is 12.5. The zero-order valence-corrected chi connectivity index (χ0v) is 10.6. The van der Waals surface area contributed by atoms with E-state index in [1.807, 2.05) is 9.88 Å². The fourth-order valence-corrected chi connectivity index (χ4v) is 5.86. The van der Waals surface area contributed by atoms with E-state index in [0.717, 1.165) is 0 Å². The van der Waals surface area contributed by atoms with E-state index in [9.17, 15) is 4.79 Å². The van der Waals surface area contributed by atoms with Crippen LogP contribution in [0.1, 0.15) is 0 Å². The minimum atomic E-state index is -3.08. The van der Waals surface area contributed by atoms with Gasteiger partial charge in [0.2, 0.25) is 0 Å². The van der Waals surface area contributed by atoms with Gasteiger partial charge >= 0.3 is 81.2 Å². The second-order valence-electron chi connectivity index (χ2n) is 2.84. The summed E-state index contributed by atoms with van der Waals surface area (Å²) in [6.45, 7) is 0.189. The van der Waals surface area contributed by atoms with Gasteiger partial charge in [-0.05, 0) is 0 Å². The summed E-state index contributed by atoms with van der Waals surface area (Å²) in [7, 11) is 0. The van der Waals surface area contributed by atoms with E-state index in [1.165, 1.54) is 0 Å². The predicted octanol–water partition coefficient (Wildman–Crippen LogP) is 0.606. The molecule has 1 aliphatic heterocycles. The summed E-state index contributed by atoms with van der Waals surface area (Å²) in [5.74, 6) is -0.349. The topological polar surface area (TPSA) is 44.8 Å². The Labute approximate surface area is 81.1 Å². The summed E-state index contributed by atoms with van der Waals surface area (Å²) in [4.78, 5) is 14.6. The molecule has 0 radical (unpaired) electrons. The number of carbonyl (C=O) groups is 1. The van der Waals surface area contributed by atoms with E-state index in [2.05, 4.69) is 0 Å². The van der Waals surface area contributed by atoms with Gasteiger partial charge in [0, 0.05) is 0 Å². The van der Waals surface area contributed by atoms with Crippen LogP contribution in [-0.2, 0) is 15.7 Å². The number of hydrogen-bond donors (Lipinski definition) is 0. The Kier molecular flexibility index (Phi) is 3.30. The van der Waals surface area contributed by atoms with Crippen molar-refractivity contribution in [2.24, 2.45) is 0 Å². The van der Waals surface area contributed by atoms with Gasteiger partial charge in [0.05, 0.1) is 0 Å². The number of thiocarbonyl (C=S) groups is 1. The quantitative estimate of drug-likeness (QED) is 0.484. The van der Waals surface area contributed by atoms with Gasteiger partial charge in [-0.15, -0.1) is 0 Å². The molecule has 0 amide bonds. The summed E-state index contributed by atoms with van der Waals surface area (Å²) in [5, 5.41) is 0.392. The fraction of sp³-hybridized carbons (Fsp3) is 0.667. The van der Waals surface area contributed by atoms with Crippen molar-refractivity contribution in [2.75, 3.05) is 13.2 Å². The van der Waals surface area contributed by atoms with Crippen molar-refractivity contribution in [1.29, 1.82) is 0 Å². The van der Waals surface area contributed by atoms with Gasteiger partial charge in [-0.25, -0.2) is 0 Å². The second kappa shape index (κ2) is 3.88. The molecule has 1 rings (SSSR count). The average Bonchev–Trinajstić information content (AvgIpc) is 1.81. The molecule has 12 heavy (non-hydrogen) atoms.